The Hall–Kier alpha value is -1.90. The summed E-state index contributed by atoms with van der Waals surface area (Å²) in [6.45, 7) is 4.51. The summed E-state index contributed by atoms with van der Waals surface area (Å²) in [7, 11) is 0. The van der Waals surface area contributed by atoms with Gasteiger partial charge in [0.15, 0.2) is 0 Å². The highest BCUT2D eigenvalue weighted by Gasteiger charge is 2.18. The number of hydrogen-bond donors (Lipinski definition) is 1. The normalized spacial score (nSPS) is 16.4. The predicted octanol–water partition coefficient (Wildman–Crippen LogP) is 4.44. The molecule has 3 nitrogen and oxygen atoms in total. The molecule has 1 unspecified atom stereocenters. The second kappa shape index (κ2) is 6.04. The van der Waals surface area contributed by atoms with E-state index in [4.69, 9.17) is 4.42 Å². The van der Waals surface area contributed by atoms with Gasteiger partial charge in [-0.15, -0.1) is 0 Å². The zero-order valence-corrected chi connectivity index (χ0v) is 12.0. The Balaban J connectivity index is 1.82. The Morgan fingerprint density at radius 2 is 1.95 bits per heavy atom. The van der Waals surface area contributed by atoms with Gasteiger partial charge in [-0.25, -0.2) is 0 Å². The molecule has 1 aromatic heterocycles. The molecule has 20 heavy (non-hydrogen) atoms. The van der Waals surface area contributed by atoms with Crippen molar-refractivity contribution in [2.45, 2.75) is 32.2 Å². The van der Waals surface area contributed by atoms with Crippen LogP contribution in [0.5, 0.6) is 0 Å². The number of anilines is 2. The first-order valence-corrected chi connectivity index (χ1v) is 7.52. The number of rotatable bonds is 5. The highest BCUT2D eigenvalue weighted by molar-refractivity contribution is 5.70. The van der Waals surface area contributed by atoms with E-state index in [1.807, 2.05) is 12.1 Å². The van der Waals surface area contributed by atoms with Gasteiger partial charge >= 0.3 is 0 Å². The molecule has 3 heteroatoms. The fourth-order valence-electron chi connectivity index (χ4n) is 2.88. The van der Waals surface area contributed by atoms with Gasteiger partial charge in [0.1, 0.15) is 5.76 Å². The SMILES string of the molecule is CCC(Nc1ccccc1N1CCCC1)c1ccco1. The first kappa shape index (κ1) is 13.1. The Kier molecular flexibility index (Phi) is 3.95. The largest absolute Gasteiger partial charge is 0.467 e. The van der Waals surface area contributed by atoms with Crippen molar-refractivity contribution in [3.8, 4) is 0 Å². The Labute approximate surface area is 120 Å². The second-order valence-electron chi connectivity index (χ2n) is 5.33. The second-order valence-corrected chi connectivity index (χ2v) is 5.33. The first-order valence-electron chi connectivity index (χ1n) is 7.52. The maximum absolute atomic E-state index is 5.55. The topological polar surface area (TPSA) is 28.4 Å². The third-order valence-corrected chi connectivity index (χ3v) is 3.98. The molecule has 0 radical (unpaired) electrons. The van der Waals surface area contributed by atoms with Crippen molar-refractivity contribution in [2.75, 3.05) is 23.3 Å². The Morgan fingerprint density at radius 3 is 2.65 bits per heavy atom. The fourth-order valence-corrected chi connectivity index (χ4v) is 2.88. The molecule has 1 atom stereocenters. The van der Waals surface area contributed by atoms with Crippen molar-refractivity contribution in [2.24, 2.45) is 0 Å². The number of nitrogens with one attached hydrogen (secondary N) is 1. The average molecular weight is 270 g/mol. The van der Waals surface area contributed by atoms with Gasteiger partial charge in [-0.1, -0.05) is 19.1 Å². The molecule has 0 spiro atoms. The zero-order valence-electron chi connectivity index (χ0n) is 12.0. The van der Waals surface area contributed by atoms with Crippen LogP contribution in [0.2, 0.25) is 0 Å². The minimum absolute atomic E-state index is 0.230. The quantitative estimate of drug-likeness (QED) is 0.870. The summed E-state index contributed by atoms with van der Waals surface area (Å²) >= 11 is 0. The van der Waals surface area contributed by atoms with E-state index in [9.17, 15) is 0 Å². The predicted molar refractivity (Wildman–Crippen MR) is 83.3 cm³/mol. The molecule has 106 valence electrons. The first-order chi connectivity index (χ1) is 9.88. The minimum atomic E-state index is 0.230. The molecule has 0 amide bonds. The molecule has 1 aliphatic rings. The van der Waals surface area contributed by atoms with Gasteiger partial charge in [-0.2, -0.15) is 0 Å². The van der Waals surface area contributed by atoms with Gasteiger partial charge < -0.3 is 14.6 Å². The molecule has 0 bridgehead atoms. The van der Waals surface area contributed by atoms with E-state index < -0.39 is 0 Å². The van der Waals surface area contributed by atoms with Crippen molar-refractivity contribution in [3.05, 3.63) is 48.4 Å². The van der Waals surface area contributed by atoms with Crippen molar-refractivity contribution < 1.29 is 4.42 Å². The molecule has 3 rings (SSSR count). The van der Waals surface area contributed by atoms with E-state index in [1.165, 1.54) is 24.2 Å². The summed E-state index contributed by atoms with van der Waals surface area (Å²) in [4.78, 5) is 2.47. The molecule has 1 aliphatic heterocycles. The minimum Gasteiger partial charge on any atom is -0.467 e. The molecule has 2 heterocycles. The van der Waals surface area contributed by atoms with Gasteiger partial charge in [0.2, 0.25) is 0 Å². The standard InChI is InChI=1S/C17H22N2O/c1-2-14(17-10-7-13-20-17)18-15-8-3-4-9-16(15)19-11-5-6-12-19/h3-4,7-10,13-14,18H,2,5-6,11-12H2,1H3. The van der Waals surface area contributed by atoms with E-state index in [1.54, 1.807) is 6.26 Å². The number of nitrogens with zero attached hydrogens (tertiary/aromatic N) is 1. The molecule has 1 aromatic carbocycles. The average Bonchev–Trinajstić information content (AvgIpc) is 3.18. The molecular formula is C17H22N2O. The van der Waals surface area contributed by atoms with Gasteiger partial charge in [0.05, 0.1) is 23.7 Å². The lowest BCUT2D eigenvalue weighted by molar-refractivity contribution is 0.474. The third kappa shape index (κ3) is 2.67. The lowest BCUT2D eigenvalue weighted by Crippen LogP contribution is -2.20. The maximum atomic E-state index is 5.55. The van der Waals surface area contributed by atoms with Crippen molar-refractivity contribution in [1.29, 1.82) is 0 Å². The summed E-state index contributed by atoms with van der Waals surface area (Å²) in [6, 6.07) is 12.8. The highest BCUT2D eigenvalue weighted by Crippen LogP contribution is 2.32. The zero-order chi connectivity index (χ0) is 13.8. The van der Waals surface area contributed by atoms with Crippen LogP contribution in [0.25, 0.3) is 0 Å². The van der Waals surface area contributed by atoms with Crippen LogP contribution in [-0.2, 0) is 0 Å². The molecule has 1 fully saturated rings. The van der Waals surface area contributed by atoms with Crippen molar-refractivity contribution in [1.82, 2.24) is 0 Å². The number of furan rings is 1. The third-order valence-electron chi connectivity index (χ3n) is 3.98. The van der Waals surface area contributed by atoms with Crippen LogP contribution in [-0.4, -0.2) is 13.1 Å². The van der Waals surface area contributed by atoms with E-state index in [0.717, 1.165) is 25.3 Å². The molecule has 0 aliphatic carbocycles. The summed E-state index contributed by atoms with van der Waals surface area (Å²) in [5.74, 6) is 1.00. The van der Waals surface area contributed by atoms with Crippen molar-refractivity contribution >= 4 is 11.4 Å². The lowest BCUT2D eigenvalue weighted by Gasteiger charge is -2.24. The number of benzene rings is 1. The van der Waals surface area contributed by atoms with Crippen LogP contribution in [0.15, 0.2) is 47.1 Å². The monoisotopic (exact) mass is 270 g/mol. The van der Waals surface area contributed by atoms with Crippen LogP contribution in [0.1, 0.15) is 38.0 Å². The van der Waals surface area contributed by atoms with Crippen LogP contribution < -0.4 is 10.2 Å². The Bertz CT molecular complexity index is 530. The molecular weight excluding hydrogens is 248 g/mol. The van der Waals surface area contributed by atoms with Gasteiger partial charge in [0, 0.05) is 13.1 Å². The summed E-state index contributed by atoms with van der Waals surface area (Å²) in [6.07, 6.45) is 5.33. The van der Waals surface area contributed by atoms with Crippen LogP contribution in [0, 0.1) is 0 Å². The van der Waals surface area contributed by atoms with Crippen LogP contribution in [0.4, 0.5) is 11.4 Å². The number of para-hydroxylation sites is 2. The molecule has 0 saturated carbocycles. The Morgan fingerprint density at radius 1 is 1.15 bits per heavy atom. The van der Waals surface area contributed by atoms with Crippen LogP contribution in [0.3, 0.4) is 0 Å². The summed E-state index contributed by atoms with van der Waals surface area (Å²) < 4.78 is 5.55. The molecule has 2 aromatic rings. The number of hydrogen-bond acceptors (Lipinski definition) is 3. The summed E-state index contributed by atoms with van der Waals surface area (Å²) in [5.41, 5.74) is 2.52. The van der Waals surface area contributed by atoms with E-state index in [0.29, 0.717) is 0 Å². The molecule has 1 N–H and O–H groups in total. The highest BCUT2D eigenvalue weighted by atomic mass is 16.3. The fraction of sp³-hybridized carbons (Fsp3) is 0.412. The smallest absolute Gasteiger partial charge is 0.125 e. The summed E-state index contributed by atoms with van der Waals surface area (Å²) in [5, 5.41) is 3.64. The van der Waals surface area contributed by atoms with E-state index in [2.05, 4.69) is 41.4 Å². The molecule has 1 saturated heterocycles. The van der Waals surface area contributed by atoms with Gasteiger partial charge in [0.25, 0.3) is 0 Å². The van der Waals surface area contributed by atoms with E-state index in [-0.39, 0.29) is 6.04 Å². The maximum Gasteiger partial charge on any atom is 0.125 e. The van der Waals surface area contributed by atoms with Crippen LogP contribution >= 0.6 is 0 Å². The lowest BCUT2D eigenvalue weighted by atomic mass is 10.1. The van der Waals surface area contributed by atoms with Gasteiger partial charge in [-0.05, 0) is 43.5 Å². The van der Waals surface area contributed by atoms with Gasteiger partial charge in [-0.3, -0.25) is 0 Å². The van der Waals surface area contributed by atoms with Crippen molar-refractivity contribution in [3.63, 3.8) is 0 Å². The van der Waals surface area contributed by atoms with E-state index >= 15 is 0 Å².